The first-order chi connectivity index (χ1) is 7.52. The molecule has 0 spiro atoms. The van der Waals surface area contributed by atoms with Crippen LogP contribution in [-0.4, -0.2) is 15.9 Å². The maximum absolute atomic E-state index is 9.19. The molecule has 16 heavy (non-hydrogen) atoms. The third-order valence-electron chi connectivity index (χ3n) is 1.71. The quantitative estimate of drug-likeness (QED) is 0.502. The molecular weight excluding hydrogens is 202 g/mol. The molecule has 3 heteroatoms. The molecule has 0 saturated heterocycles. The Hall–Kier alpha value is -1.51. The van der Waals surface area contributed by atoms with E-state index in [2.05, 4.69) is 0 Å². The lowest BCUT2D eigenvalue weighted by atomic mass is 10.1. The van der Waals surface area contributed by atoms with Gasteiger partial charge < -0.3 is 15.6 Å². The largest absolute Gasteiger partial charge is 0.504 e. The lowest BCUT2D eigenvalue weighted by molar-refractivity contribution is 0.401. The summed E-state index contributed by atoms with van der Waals surface area (Å²) in [4.78, 5) is 0. The molecule has 0 radical (unpaired) electrons. The van der Waals surface area contributed by atoms with Crippen LogP contribution in [0.25, 0.3) is 0 Å². The third kappa shape index (κ3) is 4.82. The molecule has 1 aromatic carbocycles. The molecule has 1 rings (SSSR count). The van der Waals surface area contributed by atoms with Crippen molar-refractivity contribution < 1.29 is 10.2 Å². The summed E-state index contributed by atoms with van der Waals surface area (Å²) in [5.74, 6) is -0.281. The summed E-state index contributed by atoms with van der Waals surface area (Å²) in [6.45, 7) is 11.3. The highest BCUT2D eigenvalue weighted by atomic mass is 16.3. The monoisotopic (exact) mass is 225 g/mol. The van der Waals surface area contributed by atoms with Gasteiger partial charge in [-0.25, -0.2) is 0 Å². The molecular formula is C13H23NO2. The molecule has 3 N–H and O–H groups in total. The normalized spacial score (nSPS) is 8.12. The molecule has 0 bridgehead atoms. The SMILES string of the molecule is CC.CC.CC(=N)c1cc(C)c(O)c(O)c1. The van der Waals surface area contributed by atoms with Gasteiger partial charge in [0.25, 0.3) is 0 Å². The van der Waals surface area contributed by atoms with Gasteiger partial charge in [0.1, 0.15) is 0 Å². The van der Waals surface area contributed by atoms with Crippen molar-refractivity contribution in [3.05, 3.63) is 23.3 Å². The first-order valence-electron chi connectivity index (χ1n) is 5.60. The zero-order valence-electron chi connectivity index (χ0n) is 11.0. The van der Waals surface area contributed by atoms with Crippen LogP contribution in [0.5, 0.6) is 11.5 Å². The molecule has 0 saturated carbocycles. The Kier molecular flexibility index (Phi) is 9.27. The summed E-state index contributed by atoms with van der Waals surface area (Å²) >= 11 is 0. The van der Waals surface area contributed by atoms with Crippen molar-refractivity contribution in [1.82, 2.24) is 0 Å². The van der Waals surface area contributed by atoms with E-state index in [0.29, 0.717) is 16.8 Å². The van der Waals surface area contributed by atoms with Crippen molar-refractivity contribution in [2.24, 2.45) is 0 Å². The van der Waals surface area contributed by atoms with E-state index < -0.39 is 0 Å². The van der Waals surface area contributed by atoms with Gasteiger partial charge in [0.2, 0.25) is 0 Å². The summed E-state index contributed by atoms with van der Waals surface area (Å²) in [5.41, 5.74) is 1.58. The van der Waals surface area contributed by atoms with Crippen LogP contribution in [0.15, 0.2) is 12.1 Å². The smallest absolute Gasteiger partial charge is 0.160 e. The summed E-state index contributed by atoms with van der Waals surface area (Å²) < 4.78 is 0. The Bertz CT molecular complexity index is 310. The topological polar surface area (TPSA) is 64.3 Å². The molecule has 0 aliphatic heterocycles. The highest BCUT2D eigenvalue weighted by molar-refractivity contribution is 5.97. The second-order valence-electron chi connectivity index (χ2n) is 2.79. The number of rotatable bonds is 1. The van der Waals surface area contributed by atoms with Crippen LogP contribution in [-0.2, 0) is 0 Å². The van der Waals surface area contributed by atoms with Gasteiger partial charge in [0, 0.05) is 5.71 Å². The molecule has 0 heterocycles. The van der Waals surface area contributed by atoms with Gasteiger partial charge in [-0.1, -0.05) is 27.7 Å². The van der Waals surface area contributed by atoms with Gasteiger partial charge in [-0.05, 0) is 37.1 Å². The molecule has 0 aliphatic rings. The van der Waals surface area contributed by atoms with Crippen molar-refractivity contribution >= 4 is 5.71 Å². The predicted octanol–water partition coefficient (Wildman–Crippen LogP) is 3.85. The zero-order chi connectivity index (χ0) is 13.3. The Labute approximate surface area is 98.3 Å². The van der Waals surface area contributed by atoms with Gasteiger partial charge in [-0.3, -0.25) is 0 Å². The van der Waals surface area contributed by atoms with Crippen molar-refractivity contribution in [1.29, 1.82) is 5.41 Å². The van der Waals surface area contributed by atoms with Crippen molar-refractivity contribution in [2.45, 2.75) is 41.5 Å². The number of aryl methyl sites for hydroxylation is 1. The zero-order valence-corrected chi connectivity index (χ0v) is 11.0. The molecule has 3 nitrogen and oxygen atoms in total. The molecule has 0 aliphatic carbocycles. The first-order valence-corrected chi connectivity index (χ1v) is 5.60. The average Bonchev–Trinajstić information content (AvgIpc) is 2.30. The summed E-state index contributed by atoms with van der Waals surface area (Å²) in [6, 6.07) is 3.04. The number of hydrogen-bond donors (Lipinski definition) is 3. The summed E-state index contributed by atoms with van der Waals surface area (Å²) in [7, 11) is 0. The maximum Gasteiger partial charge on any atom is 0.160 e. The molecule has 0 atom stereocenters. The van der Waals surface area contributed by atoms with Crippen LogP contribution in [0.2, 0.25) is 0 Å². The number of phenols is 2. The fraction of sp³-hybridized carbons (Fsp3) is 0.462. The van der Waals surface area contributed by atoms with Crippen molar-refractivity contribution in [2.75, 3.05) is 0 Å². The van der Waals surface area contributed by atoms with E-state index in [9.17, 15) is 10.2 Å². The van der Waals surface area contributed by atoms with E-state index >= 15 is 0 Å². The minimum absolute atomic E-state index is 0.111. The fourth-order valence-electron chi connectivity index (χ4n) is 0.977. The molecule has 0 unspecified atom stereocenters. The number of phenolic OH excluding ortho intramolecular Hbond substituents is 2. The van der Waals surface area contributed by atoms with Crippen LogP contribution in [0, 0.1) is 12.3 Å². The Balaban J connectivity index is 0. The minimum Gasteiger partial charge on any atom is -0.504 e. The van der Waals surface area contributed by atoms with E-state index in [1.807, 2.05) is 27.7 Å². The number of aromatic hydroxyl groups is 2. The first kappa shape index (κ1) is 16.9. The lowest BCUT2D eigenvalue weighted by Gasteiger charge is -2.04. The minimum atomic E-state index is -0.170. The highest BCUT2D eigenvalue weighted by Crippen LogP contribution is 2.29. The average molecular weight is 225 g/mol. The van der Waals surface area contributed by atoms with Crippen LogP contribution in [0.3, 0.4) is 0 Å². The number of hydrogen-bond acceptors (Lipinski definition) is 3. The lowest BCUT2D eigenvalue weighted by Crippen LogP contribution is -1.92. The summed E-state index contributed by atoms with van der Waals surface area (Å²) in [5, 5.41) is 25.7. The molecule has 1 aromatic rings. The van der Waals surface area contributed by atoms with Crippen LogP contribution in [0.4, 0.5) is 0 Å². The number of benzene rings is 1. The van der Waals surface area contributed by atoms with Crippen molar-refractivity contribution in [3.8, 4) is 11.5 Å². The Morgan fingerprint density at radius 2 is 1.50 bits per heavy atom. The van der Waals surface area contributed by atoms with Gasteiger partial charge in [0.15, 0.2) is 11.5 Å². The van der Waals surface area contributed by atoms with E-state index in [1.165, 1.54) is 6.07 Å². The van der Waals surface area contributed by atoms with E-state index in [-0.39, 0.29) is 11.5 Å². The van der Waals surface area contributed by atoms with Crippen LogP contribution in [0.1, 0.15) is 45.7 Å². The van der Waals surface area contributed by atoms with Crippen LogP contribution >= 0.6 is 0 Å². The standard InChI is InChI=1S/C9H11NO2.2C2H6/c1-5-3-7(6(2)10)4-8(11)9(5)12;2*1-2/h3-4,10-12H,1-2H3;2*1-2H3. The third-order valence-corrected chi connectivity index (χ3v) is 1.71. The number of nitrogens with one attached hydrogen (secondary N) is 1. The Morgan fingerprint density at radius 3 is 1.81 bits per heavy atom. The van der Waals surface area contributed by atoms with E-state index in [1.54, 1.807) is 19.9 Å². The van der Waals surface area contributed by atoms with E-state index in [0.717, 1.165) is 0 Å². The molecule has 0 aromatic heterocycles. The molecule has 0 amide bonds. The van der Waals surface area contributed by atoms with Crippen LogP contribution < -0.4 is 0 Å². The molecule has 0 fully saturated rings. The maximum atomic E-state index is 9.19. The van der Waals surface area contributed by atoms with Gasteiger partial charge in [-0.2, -0.15) is 0 Å². The van der Waals surface area contributed by atoms with Gasteiger partial charge in [-0.15, -0.1) is 0 Å². The van der Waals surface area contributed by atoms with Gasteiger partial charge >= 0.3 is 0 Å². The molecule has 92 valence electrons. The second-order valence-corrected chi connectivity index (χ2v) is 2.79. The highest BCUT2D eigenvalue weighted by Gasteiger charge is 2.05. The summed E-state index contributed by atoms with van der Waals surface area (Å²) in [6.07, 6.45) is 0. The second kappa shape index (κ2) is 8.77. The predicted molar refractivity (Wildman–Crippen MR) is 69.7 cm³/mol. The van der Waals surface area contributed by atoms with Crippen molar-refractivity contribution in [3.63, 3.8) is 0 Å². The van der Waals surface area contributed by atoms with E-state index in [4.69, 9.17) is 5.41 Å². The Morgan fingerprint density at radius 1 is 1.06 bits per heavy atom. The van der Waals surface area contributed by atoms with Gasteiger partial charge in [0.05, 0.1) is 0 Å². The fourth-order valence-corrected chi connectivity index (χ4v) is 0.977.